The predicted molar refractivity (Wildman–Crippen MR) is 64.8 cm³/mol. The highest BCUT2D eigenvalue weighted by atomic mass is 35.5. The molecule has 0 radical (unpaired) electrons. The number of nitrogens with zero attached hydrogens (tertiary/aromatic N) is 1. The molecule has 5 nitrogen and oxygen atoms in total. The van der Waals surface area contributed by atoms with E-state index in [4.69, 9.17) is 4.74 Å². The Bertz CT molecular complexity index is 144. The summed E-state index contributed by atoms with van der Waals surface area (Å²) in [6.07, 6.45) is 0. The Labute approximate surface area is 103 Å². The molecule has 1 aliphatic heterocycles. The highest BCUT2D eigenvalue weighted by Crippen LogP contribution is 2.13. The van der Waals surface area contributed by atoms with Gasteiger partial charge in [0.25, 0.3) is 0 Å². The van der Waals surface area contributed by atoms with Crippen LogP contribution in [0.25, 0.3) is 0 Å². The van der Waals surface area contributed by atoms with Gasteiger partial charge in [-0.2, -0.15) is 0 Å². The van der Waals surface area contributed by atoms with Crippen LogP contribution in [0.1, 0.15) is 13.8 Å². The van der Waals surface area contributed by atoms with Crippen molar-refractivity contribution in [2.24, 2.45) is 0 Å². The fraction of sp³-hybridized carbons (Fsp3) is 1.00. The van der Waals surface area contributed by atoms with Crippen LogP contribution >= 0.6 is 24.8 Å². The molecule has 1 rings (SSSR count). The van der Waals surface area contributed by atoms with Crippen LogP contribution in [0.4, 0.5) is 0 Å². The minimum absolute atomic E-state index is 0. The van der Waals surface area contributed by atoms with Crippen molar-refractivity contribution in [2.75, 3.05) is 32.8 Å². The zero-order valence-corrected chi connectivity index (χ0v) is 10.8. The van der Waals surface area contributed by atoms with Crippen molar-refractivity contribution in [3.05, 3.63) is 0 Å². The molecule has 7 heteroatoms. The van der Waals surface area contributed by atoms with Crippen molar-refractivity contribution >= 4 is 24.8 Å². The first-order valence-corrected chi connectivity index (χ1v) is 4.49. The van der Waals surface area contributed by atoms with Crippen LogP contribution in [0.3, 0.4) is 0 Å². The van der Waals surface area contributed by atoms with Crippen molar-refractivity contribution in [3.63, 3.8) is 0 Å². The first kappa shape index (κ1) is 20.8. The molecular formula is C8H22Cl2N2O3. The van der Waals surface area contributed by atoms with Gasteiger partial charge in [0, 0.05) is 39.7 Å². The van der Waals surface area contributed by atoms with E-state index < -0.39 is 5.91 Å². The zero-order chi connectivity index (χ0) is 9.03. The average Bonchev–Trinajstić information content (AvgIpc) is 2.06. The lowest BCUT2D eigenvalue weighted by Crippen LogP contribution is -2.56. The maximum Gasteiger partial charge on any atom is 0.224 e. The molecule has 1 atom stereocenters. The molecule has 0 saturated carbocycles. The maximum atomic E-state index is 9.82. The minimum atomic E-state index is -1.09. The zero-order valence-electron chi connectivity index (χ0n) is 9.15. The number of nitrogens with one attached hydrogen (secondary N) is 1. The van der Waals surface area contributed by atoms with Crippen molar-refractivity contribution in [1.29, 1.82) is 0 Å². The average molecular weight is 265 g/mol. The molecule has 15 heavy (non-hydrogen) atoms. The maximum absolute atomic E-state index is 9.82. The van der Waals surface area contributed by atoms with E-state index in [1.165, 1.54) is 0 Å². The van der Waals surface area contributed by atoms with Crippen molar-refractivity contribution in [3.8, 4) is 0 Å². The van der Waals surface area contributed by atoms with E-state index in [0.29, 0.717) is 6.61 Å². The summed E-state index contributed by atoms with van der Waals surface area (Å²) in [6, 6.07) is 0. The predicted octanol–water partition coefficient (Wildman–Crippen LogP) is -0.387. The van der Waals surface area contributed by atoms with Crippen molar-refractivity contribution < 1.29 is 15.3 Å². The quantitative estimate of drug-likeness (QED) is 0.682. The smallest absolute Gasteiger partial charge is 0.224 e. The summed E-state index contributed by atoms with van der Waals surface area (Å²) in [4.78, 5) is 1.94. The van der Waals surface area contributed by atoms with Crippen LogP contribution in [0.5, 0.6) is 0 Å². The van der Waals surface area contributed by atoms with E-state index in [1.807, 2.05) is 11.8 Å². The molecule has 96 valence electrons. The van der Waals surface area contributed by atoms with Gasteiger partial charge in [0.2, 0.25) is 5.91 Å². The van der Waals surface area contributed by atoms with Gasteiger partial charge in [-0.1, -0.05) is 0 Å². The second-order valence-corrected chi connectivity index (χ2v) is 3.10. The molecule has 0 bridgehead atoms. The van der Waals surface area contributed by atoms with Crippen LogP contribution in [-0.2, 0) is 4.74 Å². The first-order valence-electron chi connectivity index (χ1n) is 4.49. The Balaban J connectivity index is -0.000000480. The molecule has 0 aliphatic carbocycles. The summed E-state index contributed by atoms with van der Waals surface area (Å²) >= 11 is 0. The molecule has 0 aromatic heterocycles. The Morgan fingerprint density at radius 2 is 1.80 bits per heavy atom. The molecule has 1 aliphatic rings. The first-order chi connectivity index (χ1) is 5.67. The number of rotatable bonds is 3. The molecule has 0 spiro atoms. The normalized spacial score (nSPS) is 20.2. The van der Waals surface area contributed by atoms with Gasteiger partial charge in [0.05, 0.1) is 0 Å². The van der Waals surface area contributed by atoms with Gasteiger partial charge >= 0.3 is 0 Å². The highest BCUT2D eigenvalue weighted by molar-refractivity contribution is 5.85. The van der Waals surface area contributed by atoms with Crippen LogP contribution in [-0.4, -0.2) is 54.2 Å². The van der Waals surface area contributed by atoms with Crippen LogP contribution < -0.4 is 5.32 Å². The fourth-order valence-electron chi connectivity index (χ4n) is 1.44. The number of halogens is 2. The van der Waals surface area contributed by atoms with Gasteiger partial charge in [-0.3, -0.25) is 4.90 Å². The largest absolute Gasteiger partial charge is 0.412 e. The van der Waals surface area contributed by atoms with E-state index in [0.717, 1.165) is 26.2 Å². The number of ether oxygens (including phenoxy) is 1. The lowest BCUT2D eigenvalue weighted by atomic mass is 10.3. The summed E-state index contributed by atoms with van der Waals surface area (Å²) in [6.45, 7) is 7.64. The van der Waals surface area contributed by atoms with E-state index in [2.05, 4.69) is 5.32 Å². The Hall–Kier alpha value is 0.380. The lowest BCUT2D eigenvalue weighted by Gasteiger charge is -2.38. The Morgan fingerprint density at radius 1 is 1.33 bits per heavy atom. The molecule has 1 unspecified atom stereocenters. The van der Waals surface area contributed by atoms with Gasteiger partial charge in [0.1, 0.15) is 0 Å². The number of hydrogen-bond donors (Lipinski definition) is 2. The molecule has 1 saturated heterocycles. The summed E-state index contributed by atoms with van der Waals surface area (Å²) in [7, 11) is 0. The van der Waals surface area contributed by atoms with Gasteiger partial charge in [-0.15, -0.1) is 24.8 Å². The van der Waals surface area contributed by atoms with E-state index >= 15 is 0 Å². The third kappa shape index (κ3) is 6.52. The Morgan fingerprint density at radius 3 is 2.20 bits per heavy atom. The number of piperazine rings is 1. The SMILES string of the molecule is CCOC(C)(O)N1CCNCC1.Cl.Cl.O. The summed E-state index contributed by atoms with van der Waals surface area (Å²) in [5.74, 6) is -1.09. The second kappa shape index (κ2) is 9.59. The monoisotopic (exact) mass is 264 g/mol. The Kier molecular flexibility index (Phi) is 13.3. The summed E-state index contributed by atoms with van der Waals surface area (Å²) in [5.41, 5.74) is 0. The van der Waals surface area contributed by atoms with Gasteiger partial charge in [-0.25, -0.2) is 0 Å². The summed E-state index contributed by atoms with van der Waals surface area (Å²) < 4.78 is 5.22. The molecular weight excluding hydrogens is 243 g/mol. The van der Waals surface area contributed by atoms with Crippen LogP contribution in [0.15, 0.2) is 0 Å². The second-order valence-electron chi connectivity index (χ2n) is 3.10. The molecule has 1 fully saturated rings. The molecule has 4 N–H and O–H groups in total. The number of aliphatic hydroxyl groups is 1. The topological polar surface area (TPSA) is 76.2 Å². The standard InChI is InChI=1S/C8H18N2O2.2ClH.H2O/c1-3-12-8(2,11)10-6-4-9-5-7-10;;;/h9,11H,3-7H2,1-2H3;2*1H;1H2. The van der Waals surface area contributed by atoms with Crippen LogP contribution in [0.2, 0.25) is 0 Å². The summed E-state index contributed by atoms with van der Waals surface area (Å²) in [5, 5.41) is 13.0. The third-order valence-corrected chi connectivity index (χ3v) is 2.12. The van der Waals surface area contributed by atoms with Crippen molar-refractivity contribution in [2.45, 2.75) is 19.8 Å². The molecule has 0 aromatic carbocycles. The molecule has 1 heterocycles. The molecule has 0 aromatic rings. The van der Waals surface area contributed by atoms with Gasteiger partial charge in [-0.05, 0) is 6.92 Å². The van der Waals surface area contributed by atoms with Gasteiger partial charge < -0.3 is 20.6 Å². The third-order valence-electron chi connectivity index (χ3n) is 2.12. The van der Waals surface area contributed by atoms with Crippen molar-refractivity contribution in [1.82, 2.24) is 10.2 Å². The molecule has 0 amide bonds. The van der Waals surface area contributed by atoms with Gasteiger partial charge in [0.15, 0.2) is 0 Å². The minimum Gasteiger partial charge on any atom is -0.412 e. The lowest BCUT2D eigenvalue weighted by molar-refractivity contribution is -0.280. The fourth-order valence-corrected chi connectivity index (χ4v) is 1.44. The van der Waals surface area contributed by atoms with E-state index in [-0.39, 0.29) is 30.3 Å². The van der Waals surface area contributed by atoms with Crippen LogP contribution in [0, 0.1) is 0 Å². The number of hydrogen-bond acceptors (Lipinski definition) is 4. The highest BCUT2D eigenvalue weighted by Gasteiger charge is 2.30. The van der Waals surface area contributed by atoms with E-state index in [1.54, 1.807) is 6.92 Å². The van der Waals surface area contributed by atoms with E-state index in [9.17, 15) is 5.11 Å².